The normalized spacial score (nSPS) is 14.1. The van der Waals surface area contributed by atoms with Crippen molar-refractivity contribution in [2.75, 3.05) is 16.5 Å². The summed E-state index contributed by atoms with van der Waals surface area (Å²) in [6.45, 7) is 4.55. The molecular formula is C59H48N4O. The van der Waals surface area contributed by atoms with Gasteiger partial charge in [-0.3, -0.25) is 4.57 Å². The standard InChI is InChI=1S/C59H48N4O/c1-40-35-57(60-38-52(40)42-19-9-6-10-20-42)63-53-26-12-11-23-50(53)51-34-33-47(37-56(51)63)64-46-22-15-21-45(36-46)61-39-62(55-28-14-13-27-54(55)61)58-48(41-17-7-5-8-18-41)24-16-25-49(58)43-29-31-44(32-30-43)59(2,3)4/h5-38H,39H2,1-4H3/i1D3,15D,21D,22D. The fourth-order valence-corrected chi connectivity index (χ4v) is 9.03. The lowest BCUT2D eigenvalue weighted by molar-refractivity contribution is 0.483. The molecule has 310 valence electrons. The van der Waals surface area contributed by atoms with E-state index in [4.69, 9.17) is 16.6 Å². The first-order chi connectivity index (χ1) is 33.7. The molecule has 0 atom stereocenters. The van der Waals surface area contributed by atoms with E-state index in [0.29, 0.717) is 29.5 Å². The number of anilines is 4. The molecule has 1 aliphatic rings. The van der Waals surface area contributed by atoms with Gasteiger partial charge in [-0.1, -0.05) is 160 Å². The highest BCUT2D eigenvalue weighted by Gasteiger charge is 2.31. The van der Waals surface area contributed by atoms with Gasteiger partial charge < -0.3 is 14.5 Å². The van der Waals surface area contributed by atoms with Gasteiger partial charge in [-0.05, 0) is 88.6 Å². The summed E-state index contributed by atoms with van der Waals surface area (Å²) in [5, 5.41) is 1.84. The third-order valence-electron chi connectivity index (χ3n) is 12.2. The molecule has 0 N–H and O–H groups in total. The molecule has 0 aliphatic carbocycles. The summed E-state index contributed by atoms with van der Waals surface area (Å²) in [5.74, 6) is 0.946. The third kappa shape index (κ3) is 6.96. The summed E-state index contributed by atoms with van der Waals surface area (Å²) in [7, 11) is 0. The van der Waals surface area contributed by atoms with Gasteiger partial charge in [0.1, 0.15) is 24.0 Å². The van der Waals surface area contributed by atoms with Gasteiger partial charge >= 0.3 is 0 Å². The molecule has 5 nitrogen and oxygen atoms in total. The summed E-state index contributed by atoms with van der Waals surface area (Å²) < 4.78 is 61.8. The predicted molar refractivity (Wildman–Crippen MR) is 267 cm³/mol. The molecule has 0 spiro atoms. The van der Waals surface area contributed by atoms with Crippen molar-refractivity contribution in [1.82, 2.24) is 9.55 Å². The predicted octanol–water partition coefficient (Wildman–Crippen LogP) is 15.8. The van der Waals surface area contributed by atoms with E-state index in [2.05, 4.69) is 86.3 Å². The summed E-state index contributed by atoms with van der Waals surface area (Å²) >= 11 is 0. The Morgan fingerprint density at radius 3 is 1.92 bits per heavy atom. The highest BCUT2D eigenvalue weighted by Crippen LogP contribution is 2.50. The number of nitrogens with zero attached hydrogens (tertiary/aromatic N) is 4. The second-order valence-electron chi connectivity index (χ2n) is 17.2. The first-order valence-corrected chi connectivity index (χ1v) is 21.6. The van der Waals surface area contributed by atoms with Gasteiger partial charge in [0.15, 0.2) is 0 Å². The van der Waals surface area contributed by atoms with Crippen molar-refractivity contribution >= 4 is 44.6 Å². The van der Waals surface area contributed by atoms with Crippen molar-refractivity contribution in [1.29, 1.82) is 0 Å². The van der Waals surface area contributed by atoms with Crippen LogP contribution < -0.4 is 14.5 Å². The smallest absolute Gasteiger partial charge is 0.137 e. The number of pyridine rings is 1. The van der Waals surface area contributed by atoms with Crippen molar-refractivity contribution in [3.05, 3.63) is 217 Å². The summed E-state index contributed by atoms with van der Waals surface area (Å²) in [6.07, 6.45) is 1.63. The number of fused-ring (bicyclic) bond motifs is 4. The molecule has 0 saturated carbocycles. The van der Waals surface area contributed by atoms with Gasteiger partial charge in [0.25, 0.3) is 0 Å². The Morgan fingerprint density at radius 2 is 1.20 bits per heavy atom. The maximum atomic E-state index is 9.36. The Bertz CT molecular complexity index is 3620. The minimum atomic E-state index is -2.42. The van der Waals surface area contributed by atoms with Crippen LogP contribution in [0, 0.1) is 6.85 Å². The van der Waals surface area contributed by atoms with Gasteiger partial charge in [-0.2, -0.15) is 0 Å². The lowest BCUT2D eigenvalue weighted by atomic mass is 9.86. The molecule has 0 fully saturated rings. The van der Waals surface area contributed by atoms with Gasteiger partial charge in [-0.15, -0.1) is 0 Å². The number of para-hydroxylation sites is 4. The molecule has 0 saturated heterocycles. The van der Waals surface area contributed by atoms with Crippen molar-refractivity contribution in [2.24, 2.45) is 0 Å². The Balaban J connectivity index is 1.01. The molecule has 10 aromatic rings. The molecule has 5 heteroatoms. The number of hydrogen-bond acceptors (Lipinski definition) is 4. The lowest BCUT2D eigenvalue weighted by Crippen LogP contribution is -2.25. The molecule has 0 amide bonds. The topological polar surface area (TPSA) is 33.5 Å². The average Bonchev–Trinajstić information content (AvgIpc) is 3.92. The number of benzene rings is 8. The maximum absolute atomic E-state index is 9.36. The van der Waals surface area contributed by atoms with Gasteiger partial charge in [-0.25, -0.2) is 4.98 Å². The van der Waals surface area contributed by atoms with E-state index >= 15 is 0 Å². The number of aryl methyl sites for hydroxylation is 1. The zero-order valence-corrected chi connectivity index (χ0v) is 35.8. The zero-order chi connectivity index (χ0) is 48.5. The van der Waals surface area contributed by atoms with E-state index in [9.17, 15) is 1.37 Å². The van der Waals surface area contributed by atoms with E-state index in [1.165, 1.54) is 5.56 Å². The lowest BCUT2D eigenvalue weighted by Gasteiger charge is -2.27. The van der Waals surface area contributed by atoms with Crippen LogP contribution in [0.1, 0.15) is 40.1 Å². The van der Waals surface area contributed by atoms with E-state index in [0.717, 1.165) is 66.7 Å². The summed E-state index contributed by atoms with van der Waals surface area (Å²) in [4.78, 5) is 9.19. The second-order valence-corrected chi connectivity index (χ2v) is 17.2. The van der Waals surface area contributed by atoms with Crippen LogP contribution in [0.2, 0.25) is 0 Å². The monoisotopic (exact) mass is 834 g/mol. The summed E-state index contributed by atoms with van der Waals surface area (Å²) in [5.41, 5.74) is 11.8. The van der Waals surface area contributed by atoms with Crippen molar-refractivity contribution in [2.45, 2.75) is 33.0 Å². The quantitative estimate of drug-likeness (QED) is 0.153. The third-order valence-corrected chi connectivity index (χ3v) is 12.2. The molecule has 2 aromatic heterocycles. The van der Waals surface area contributed by atoms with E-state index in [-0.39, 0.29) is 34.9 Å². The molecule has 64 heavy (non-hydrogen) atoms. The molecule has 3 heterocycles. The van der Waals surface area contributed by atoms with Crippen LogP contribution in [0.4, 0.5) is 22.7 Å². The van der Waals surface area contributed by atoms with Crippen molar-refractivity contribution in [3.8, 4) is 50.7 Å². The van der Waals surface area contributed by atoms with Gasteiger partial charge in [0.05, 0.1) is 32.2 Å². The summed E-state index contributed by atoms with van der Waals surface area (Å²) in [6, 6.07) is 59.4. The highest BCUT2D eigenvalue weighted by molar-refractivity contribution is 6.09. The van der Waals surface area contributed by atoms with Crippen LogP contribution in [0.3, 0.4) is 0 Å². The highest BCUT2D eigenvalue weighted by atomic mass is 16.5. The van der Waals surface area contributed by atoms with Crippen molar-refractivity contribution < 1.29 is 13.0 Å². The SMILES string of the molecule is [2H]c1c(Oc2ccc3c4ccccc4n(-c4cc(C([2H])([2H])[2H])c(-c5ccccc5)cn4)c3c2)cc(N2CN(c3c(-c4ccccc4)cccc3-c3ccc(C(C)(C)C)cc3)c3ccccc32)c([2H])c1[2H]. The molecule has 0 unspecified atom stereocenters. The number of hydrogen-bond donors (Lipinski definition) is 0. The fourth-order valence-electron chi connectivity index (χ4n) is 9.03. The number of ether oxygens (including phenoxy) is 1. The molecule has 0 radical (unpaired) electrons. The Morgan fingerprint density at radius 1 is 0.562 bits per heavy atom. The number of rotatable bonds is 8. The molecule has 0 bridgehead atoms. The van der Waals surface area contributed by atoms with E-state index in [1.807, 2.05) is 119 Å². The van der Waals surface area contributed by atoms with Crippen LogP contribution in [0.25, 0.3) is 61.0 Å². The maximum Gasteiger partial charge on any atom is 0.137 e. The van der Waals surface area contributed by atoms with Crippen LogP contribution in [-0.2, 0) is 5.41 Å². The van der Waals surface area contributed by atoms with Crippen LogP contribution in [-0.4, -0.2) is 16.2 Å². The van der Waals surface area contributed by atoms with Gasteiger partial charge in [0.2, 0.25) is 0 Å². The largest absolute Gasteiger partial charge is 0.457 e. The Labute approximate surface area is 383 Å². The minimum absolute atomic E-state index is 0.00305. The zero-order valence-electron chi connectivity index (χ0n) is 41.8. The van der Waals surface area contributed by atoms with Crippen LogP contribution in [0.15, 0.2) is 206 Å². The number of aromatic nitrogens is 2. The first-order valence-electron chi connectivity index (χ1n) is 24.6. The molecule has 8 aromatic carbocycles. The van der Waals surface area contributed by atoms with E-state index < -0.39 is 6.85 Å². The fraction of sp³-hybridized carbons (Fsp3) is 0.102. The molecule has 1 aliphatic heterocycles. The van der Waals surface area contributed by atoms with Crippen molar-refractivity contribution in [3.63, 3.8) is 0 Å². The Kier molecular flexibility index (Phi) is 8.08. The van der Waals surface area contributed by atoms with E-state index in [1.54, 1.807) is 18.3 Å². The van der Waals surface area contributed by atoms with Crippen LogP contribution in [0.5, 0.6) is 11.5 Å². The van der Waals surface area contributed by atoms with Crippen LogP contribution >= 0.6 is 0 Å². The first kappa shape index (κ1) is 32.8. The average molecular weight is 835 g/mol. The molecular weight excluding hydrogens is 781 g/mol. The Hall–Kier alpha value is -7.89. The van der Waals surface area contributed by atoms with Gasteiger partial charge in [0, 0.05) is 55.6 Å². The molecule has 11 rings (SSSR count). The second kappa shape index (κ2) is 15.8. The minimum Gasteiger partial charge on any atom is -0.457 e.